The Morgan fingerprint density at radius 3 is 2.83 bits per heavy atom. The molecule has 1 aromatic rings. The molecular weight excluding hydrogens is 157 g/mol. The molecule has 0 atom stereocenters. The summed E-state index contributed by atoms with van der Waals surface area (Å²) in [6.45, 7) is 1.59. The smallest absolute Gasteiger partial charge is 0.134 e. The van der Waals surface area contributed by atoms with Crippen molar-refractivity contribution < 1.29 is 9.50 Å². The van der Waals surface area contributed by atoms with Gasteiger partial charge in [0.1, 0.15) is 11.6 Å². The van der Waals surface area contributed by atoms with E-state index < -0.39 is 5.82 Å². The van der Waals surface area contributed by atoms with Gasteiger partial charge in [-0.3, -0.25) is 0 Å². The Hall–Kier alpha value is -1.56. The van der Waals surface area contributed by atoms with Crippen molar-refractivity contribution in [1.82, 2.24) is 0 Å². The maximum Gasteiger partial charge on any atom is 0.134 e. The van der Waals surface area contributed by atoms with Crippen LogP contribution in [0.3, 0.4) is 0 Å². The van der Waals surface area contributed by atoms with Crippen molar-refractivity contribution >= 4 is 0 Å². The van der Waals surface area contributed by atoms with Gasteiger partial charge in [0, 0.05) is 5.56 Å². The molecule has 0 fully saturated rings. The van der Waals surface area contributed by atoms with Crippen molar-refractivity contribution in [2.45, 2.75) is 13.3 Å². The second-order valence-corrected chi connectivity index (χ2v) is 2.53. The van der Waals surface area contributed by atoms with Crippen molar-refractivity contribution in [3.63, 3.8) is 0 Å². The summed E-state index contributed by atoms with van der Waals surface area (Å²) in [5, 5.41) is 17.5. The molecule has 0 heterocycles. The highest BCUT2D eigenvalue weighted by molar-refractivity contribution is 5.38. The Kier molecular flexibility index (Phi) is 2.29. The fourth-order valence-corrected chi connectivity index (χ4v) is 0.975. The van der Waals surface area contributed by atoms with Crippen LogP contribution >= 0.6 is 0 Å². The first-order chi connectivity index (χ1) is 5.66. The van der Waals surface area contributed by atoms with E-state index in [2.05, 4.69) is 0 Å². The topological polar surface area (TPSA) is 44.0 Å². The van der Waals surface area contributed by atoms with Crippen molar-refractivity contribution in [3.8, 4) is 11.8 Å². The normalized spacial score (nSPS) is 9.42. The number of phenolic OH excluding ortho intramolecular Hbond substituents is 1. The van der Waals surface area contributed by atoms with Crippen LogP contribution < -0.4 is 0 Å². The number of rotatable bonds is 1. The Balaban J connectivity index is 3.25. The Labute approximate surface area is 69.9 Å². The highest BCUT2D eigenvalue weighted by Gasteiger charge is 2.09. The van der Waals surface area contributed by atoms with Gasteiger partial charge in [0.25, 0.3) is 0 Å². The third-order valence-corrected chi connectivity index (χ3v) is 1.67. The van der Waals surface area contributed by atoms with E-state index in [4.69, 9.17) is 10.4 Å². The Morgan fingerprint density at radius 1 is 1.58 bits per heavy atom. The molecule has 2 nitrogen and oxygen atoms in total. The van der Waals surface area contributed by atoms with Crippen LogP contribution in [-0.4, -0.2) is 5.11 Å². The molecule has 0 saturated carbocycles. The van der Waals surface area contributed by atoms with Crippen LogP contribution in [0.1, 0.15) is 11.1 Å². The average Bonchev–Trinajstić information content (AvgIpc) is 2.06. The van der Waals surface area contributed by atoms with Crippen LogP contribution in [0.4, 0.5) is 4.39 Å². The minimum atomic E-state index is -0.489. The molecule has 0 saturated heterocycles. The summed E-state index contributed by atoms with van der Waals surface area (Å²) in [7, 11) is 0. The molecule has 0 amide bonds. The van der Waals surface area contributed by atoms with Crippen molar-refractivity contribution in [3.05, 3.63) is 29.1 Å². The first kappa shape index (κ1) is 8.54. The minimum absolute atomic E-state index is 0.0810. The largest absolute Gasteiger partial charge is 0.508 e. The second kappa shape index (κ2) is 3.22. The number of hydrogen-bond donors (Lipinski definition) is 1. The number of phenols is 1. The highest BCUT2D eigenvalue weighted by Crippen LogP contribution is 2.22. The van der Waals surface area contributed by atoms with Crippen LogP contribution in [0, 0.1) is 24.1 Å². The molecule has 62 valence electrons. The lowest BCUT2D eigenvalue weighted by atomic mass is 10.1. The lowest BCUT2D eigenvalue weighted by Gasteiger charge is -2.03. The number of hydrogen-bond acceptors (Lipinski definition) is 2. The predicted molar refractivity (Wildman–Crippen MR) is 42.1 cm³/mol. The molecule has 0 bridgehead atoms. The zero-order valence-electron chi connectivity index (χ0n) is 6.63. The zero-order valence-corrected chi connectivity index (χ0v) is 6.63. The first-order valence-corrected chi connectivity index (χ1v) is 3.50. The van der Waals surface area contributed by atoms with E-state index in [-0.39, 0.29) is 17.7 Å². The molecule has 1 N–H and O–H groups in total. The van der Waals surface area contributed by atoms with E-state index >= 15 is 0 Å². The number of nitrogens with zero attached hydrogens (tertiary/aromatic N) is 1. The van der Waals surface area contributed by atoms with Gasteiger partial charge in [-0.15, -0.1) is 0 Å². The second-order valence-electron chi connectivity index (χ2n) is 2.53. The third-order valence-electron chi connectivity index (χ3n) is 1.67. The fraction of sp³-hybridized carbons (Fsp3) is 0.222. The monoisotopic (exact) mass is 165 g/mol. The summed E-state index contributed by atoms with van der Waals surface area (Å²) < 4.78 is 13.1. The van der Waals surface area contributed by atoms with E-state index in [1.807, 2.05) is 0 Å². The van der Waals surface area contributed by atoms with Crippen molar-refractivity contribution in [1.29, 1.82) is 5.26 Å². The van der Waals surface area contributed by atoms with Crippen LogP contribution in [0.25, 0.3) is 0 Å². The average molecular weight is 165 g/mol. The molecule has 0 aliphatic rings. The lowest BCUT2D eigenvalue weighted by Crippen LogP contribution is -1.92. The van der Waals surface area contributed by atoms with Gasteiger partial charge < -0.3 is 5.11 Å². The third kappa shape index (κ3) is 1.37. The molecule has 0 aliphatic carbocycles. The zero-order chi connectivity index (χ0) is 9.14. The van der Waals surface area contributed by atoms with Gasteiger partial charge in [0.15, 0.2) is 0 Å². The summed E-state index contributed by atoms with van der Waals surface area (Å²) in [5.41, 5.74) is 0.524. The minimum Gasteiger partial charge on any atom is -0.508 e. The fourth-order valence-electron chi connectivity index (χ4n) is 0.975. The number of halogens is 1. The molecule has 1 rings (SSSR count). The molecular formula is C9H8FNO. The molecule has 3 heteroatoms. The molecule has 0 unspecified atom stereocenters. The number of aromatic hydroxyl groups is 1. The SMILES string of the molecule is Cc1ccc(O)c(CC#N)c1F. The van der Waals surface area contributed by atoms with Gasteiger partial charge in [0.2, 0.25) is 0 Å². The van der Waals surface area contributed by atoms with E-state index in [1.165, 1.54) is 12.1 Å². The number of aryl methyl sites for hydroxylation is 1. The molecule has 12 heavy (non-hydrogen) atoms. The molecule has 0 spiro atoms. The highest BCUT2D eigenvalue weighted by atomic mass is 19.1. The van der Waals surface area contributed by atoms with Crippen LogP contribution in [-0.2, 0) is 6.42 Å². The standard InChI is InChI=1S/C9H8FNO/c1-6-2-3-8(12)7(4-5-11)9(6)10/h2-3,12H,4H2,1H3. The van der Waals surface area contributed by atoms with Gasteiger partial charge >= 0.3 is 0 Å². The number of benzene rings is 1. The van der Waals surface area contributed by atoms with Gasteiger partial charge in [0.05, 0.1) is 12.5 Å². The molecule has 0 aliphatic heterocycles. The van der Waals surface area contributed by atoms with Crippen LogP contribution in [0.5, 0.6) is 5.75 Å². The van der Waals surface area contributed by atoms with Crippen molar-refractivity contribution in [2.75, 3.05) is 0 Å². The van der Waals surface area contributed by atoms with E-state index in [0.717, 1.165) is 0 Å². The molecule has 1 aromatic carbocycles. The Bertz CT molecular complexity index is 341. The summed E-state index contributed by atoms with van der Waals surface area (Å²) in [4.78, 5) is 0. The molecule has 0 aromatic heterocycles. The van der Waals surface area contributed by atoms with Gasteiger partial charge in [-0.05, 0) is 18.6 Å². The summed E-state index contributed by atoms with van der Waals surface area (Å²) in [5.74, 6) is -0.642. The number of nitriles is 1. The Morgan fingerprint density at radius 2 is 2.25 bits per heavy atom. The van der Waals surface area contributed by atoms with E-state index in [9.17, 15) is 4.39 Å². The van der Waals surface area contributed by atoms with Crippen molar-refractivity contribution in [2.24, 2.45) is 0 Å². The van der Waals surface area contributed by atoms with Gasteiger partial charge in [-0.25, -0.2) is 4.39 Å². The van der Waals surface area contributed by atoms with E-state index in [1.54, 1.807) is 13.0 Å². The summed E-state index contributed by atoms with van der Waals surface area (Å²) in [6, 6.07) is 4.66. The summed E-state index contributed by atoms with van der Waals surface area (Å²) >= 11 is 0. The van der Waals surface area contributed by atoms with Gasteiger partial charge in [-0.1, -0.05) is 6.07 Å². The maximum absolute atomic E-state index is 13.1. The maximum atomic E-state index is 13.1. The van der Waals surface area contributed by atoms with Crippen LogP contribution in [0.15, 0.2) is 12.1 Å². The first-order valence-electron chi connectivity index (χ1n) is 3.50. The quantitative estimate of drug-likeness (QED) is 0.690. The van der Waals surface area contributed by atoms with E-state index in [0.29, 0.717) is 5.56 Å². The van der Waals surface area contributed by atoms with Gasteiger partial charge in [-0.2, -0.15) is 5.26 Å². The molecule has 0 radical (unpaired) electrons. The van der Waals surface area contributed by atoms with Crippen LogP contribution in [0.2, 0.25) is 0 Å². The lowest BCUT2D eigenvalue weighted by molar-refractivity contribution is 0.460. The summed E-state index contributed by atoms with van der Waals surface area (Å²) in [6.07, 6.45) is -0.0979. The predicted octanol–water partition coefficient (Wildman–Crippen LogP) is 1.91.